The van der Waals surface area contributed by atoms with Gasteiger partial charge in [0.05, 0.1) is 0 Å². The van der Waals surface area contributed by atoms with Crippen LogP contribution in [0.2, 0.25) is 0 Å². The van der Waals surface area contributed by atoms with Gasteiger partial charge in [0.15, 0.2) is 0 Å². The summed E-state index contributed by atoms with van der Waals surface area (Å²) < 4.78 is 13.2. The van der Waals surface area contributed by atoms with Crippen LogP contribution in [0.5, 0.6) is 0 Å². The zero-order valence-electron chi connectivity index (χ0n) is 16.5. The minimum Gasteiger partial charge on any atom is -0.396 e. The highest BCUT2D eigenvalue weighted by molar-refractivity contribution is 5.21. The van der Waals surface area contributed by atoms with E-state index in [2.05, 4.69) is 40.1 Å². The molecule has 0 aliphatic carbocycles. The van der Waals surface area contributed by atoms with Crippen molar-refractivity contribution in [2.75, 3.05) is 39.3 Å². The Bertz CT molecular complexity index is 728. The average Bonchev–Trinajstić information content (AvgIpc) is 3.11. The first-order valence-electron chi connectivity index (χ1n) is 10.6. The van der Waals surface area contributed by atoms with Crippen molar-refractivity contribution in [1.82, 2.24) is 9.80 Å². The van der Waals surface area contributed by atoms with Gasteiger partial charge in [-0.1, -0.05) is 42.5 Å². The lowest BCUT2D eigenvalue weighted by Crippen LogP contribution is -2.39. The molecule has 0 radical (unpaired) electrons. The highest BCUT2D eigenvalue weighted by Gasteiger charge is 2.34. The van der Waals surface area contributed by atoms with E-state index in [4.69, 9.17) is 0 Å². The van der Waals surface area contributed by atoms with Crippen LogP contribution < -0.4 is 0 Å². The first-order valence-corrected chi connectivity index (χ1v) is 10.6. The molecule has 2 atom stereocenters. The Balaban J connectivity index is 1.28. The third-order valence-corrected chi connectivity index (χ3v) is 6.56. The number of aliphatic hydroxyl groups is 1. The molecule has 2 aromatic carbocycles. The van der Waals surface area contributed by atoms with Crippen LogP contribution >= 0.6 is 0 Å². The lowest BCUT2D eigenvalue weighted by molar-refractivity contribution is 0.143. The van der Waals surface area contributed by atoms with E-state index in [0.717, 1.165) is 52.1 Å². The standard InChI is InChI=1S/C24H31FN2O/c25-24-8-6-20(7-9-24)21-10-12-26(13-11-21)15-22-16-27(17-23(22)18-28)14-19-4-2-1-3-5-19/h1-9,21-23,28H,10-18H2. The van der Waals surface area contributed by atoms with E-state index in [9.17, 15) is 9.50 Å². The zero-order chi connectivity index (χ0) is 19.3. The van der Waals surface area contributed by atoms with Gasteiger partial charge >= 0.3 is 0 Å². The van der Waals surface area contributed by atoms with Gasteiger partial charge in [0.1, 0.15) is 5.82 Å². The van der Waals surface area contributed by atoms with E-state index in [-0.39, 0.29) is 12.4 Å². The molecule has 0 saturated carbocycles. The predicted molar refractivity (Wildman–Crippen MR) is 111 cm³/mol. The number of nitrogens with zero attached hydrogens (tertiary/aromatic N) is 2. The number of rotatable bonds is 6. The smallest absolute Gasteiger partial charge is 0.123 e. The predicted octanol–water partition coefficient (Wildman–Crippen LogP) is 3.75. The number of hydrogen-bond donors (Lipinski definition) is 1. The molecule has 2 unspecified atom stereocenters. The lowest BCUT2D eigenvalue weighted by atomic mass is 9.88. The molecule has 4 rings (SSSR count). The monoisotopic (exact) mass is 382 g/mol. The van der Waals surface area contributed by atoms with Crippen LogP contribution in [0.15, 0.2) is 54.6 Å². The molecule has 2 saturated heterocycles. The fraction of sp³-hybridized carbons (Fsp3) is 0.500. The second-order valence-corrected chi connectivity index (χ2v) is 8.51. The fourth-order valence-corrected chi connectivity index (χ4v) is 4.94. The molecular formula is C24H31FN2O. The molecule has 0 aromatic heterocycles. The molecule has 2 aromatic rings. The first kappa shape index (κ1) is 19.6. The van der Waals surface area contributed by atoms with E-state index in [1.54, 1.807) is 12.1 Å². The van der Waals surface area contributed by atoms with Gasteiger partial charge in [0.25, 0.3) is 0 Å². The molecule has 150 valence electrons. The Hall–Kier alpha value is -1.75. The molecule has 2 heterocycles. The summed E-state index contributed by atoms with van der Waals surface area (Å²) in [5.74, 6) is 1.30. The number of halogens is 1. The molecular weight excluding hydrogens is 351 g/mol. The van der Waals surface area contributed by atoms with E-state index in [1.807, 2.05) is 12.1 Å². The van der Waals surface area contributed by atoms with E-state index in [1.165, 1.54) is 11.1 Å². The van der Waals surface area contributed by atoms with Crippen molar-refractivity contribution in [2.24, 2.45) is 11.8 Å². The topological polar surface area (TPSA) is 26.7 Å². The summed E-state index contributed by atoms with van der Waals surface area (Å²) in [6.45, 7) is 6.57. The molecule has 2 aliphatic heterocycles. The maximum Gasteiger partial charge on any atom is 0.123 e. The fourth-order valence-electron chi connectivity index (χ4n) is 4.94. The maximum absolute atomic E-state index is 13.2. The summed E-state index contributed by atoms with van der Waals surface area (Å²) in [7, 11) is 0. The van der Waals surface area contributed by atoms with Crippen molar-refractivity contribution >= 4 is 0 Å². The average molecular weight is 383 g/mol. The Morgan fingerprint density at radius 3 is 2.21 bits per heavy atom. The van der Waals surface area contributed by atoms with Crippen LogP contribution in [0, 0.1) is 17.7 Å². The number of hydrogen-bond acceptors (Lipinski definition) is 3. The molecule has 0 spiro atoms. The highest BCUT2D eigenvalue weighted by atomic mass is 19.1. The van der Waals surface area contributed by atoms with Crippen molar-refractivity contribution in [3.63, 3.8) is 0 Å². The van der Waals surface area contributed by atoms with Crippen molar-refractivity contribution in [1.29, 1.82) is 0 Å². The molecule has 28 heavy (non-hydrogen) atoms. The van der Waals surface area contributed by atoms with Gasteiger partial charge in [-0.2, -0.15) is 0 Å². The Kier molecular flexibility index (Phi) is 6.40. The lowest BCUT2D eigenvalue weighted by Gasteiger charge is -2.34. The van der Waals surface area contributed by atoms with Crippen LogP contribution in [0.3, 0.4) is 0 Å². The molecule has 0 bridgehead atoms. The molecule has 3 nitrogen and oxygen atoms in total. The van der Waals surface area contributed by atoms with Gasteiger partial charge in [0.2, 0.25) is 0 Å². The summed E-state index contributed by atoms with van der Waals surface area (Å²) >= 11 is 0. The van der Waals surface area contributed by atoms with E-state index in [0.29, 0.717) is 17.8 Å². The van der Waals surface area contributed by atoms with E-state index >= 15 is 0 Å². The molecule has 0 amide bonds. The summed E-state index contributed by atoms with van der Waals surface area (Å²) in [5.41, 5.74) is 2.61. The maximum atomic E-state index is 13.2. The SMILES string of the molecule is OCC1CN(Cc2ccccc2)CC1CN1CCC(c2ccc(F)cc2)CC1. The van der Waals surface area contributed by atoms with Gasteiger partial charge in [-0.05, 0) is 66.9 Å². The summed E-state index contributed by atoms with van der Waals surface area (Å²) in [4.78, 5) is 5.06. The Morgan fingerprint density at radius 1 is 0.857 bits per heavy atom. The zero-order valence-corrected chi connectivity index (χ0v) is 16.5. The third kappa shape index (κ3) is 4.80. The number of aliphatic hydroxyl groups excluding tert-OH is 1. The van der Waals surface area contributed by atoms with Crippen LogP contribution in [0.1, 0.15) is 29.9 Å². The number of benzene rings is 2. The van der Waals surface area contributed by atoms with Crippen LogP contribution in [0.4, 0.5) is 4.39 Å². The van der Waals surface area contributed by atoms with Gasteiger partial charge in [-0.25, -0.2) is 4.39 Å². The summed E-state index contributed by atoms with van der Waals surface area (Å²) in [6, 6.07) is 17.6. The van der Waals surface area contributed by atoms with Crippen LogP contribution in [0.25, 0.3) is 0 Å². The third-order valence-electron chi connectivity index (χ3n) is 6.56. The largest absolute Gasteiger partial charge is 0.396 e. The molecule has 2 fully saturated rings. The Labute approximate surface area is 167 Å². The van der Waals surface area contributed by atoms with Gasteiger partial charge in [-0.15, -0.1) is 0 Å². The quantitative estimate of drug-likeness (QED) is 0.824. The van der Waals surface area contributed by atoms with Crippen LogP contribution in [-0.2, 0) is 6.54 Å². The van der Waals surface area contributed by atoms with Crippen molar-refractivity contribution < 1.29 is 9.50 Å². The minimum absolute atomic E-state index is 0.155. The first-order chi connectivity index (χ1) is 13.7. The summed E-state index contributed by atoms with van der Waals surface area (Å²) in [5, 5.41) is 9.89. The van der Waals surface area contributed by atoms with Crippen molar-refractivity contribution in [2.45, 2.75) is 25.3 Å². The Morgan fingerprint density at radius 2 is 1.54 bits per heavy atom. The van der Waals surface area contributed by atoms with Gasteiger partial charge in [-0.3, -0.25) is 4.90 Å². The normalized spacial score (nSPS) is 24.6. The molecule has 1 N–H and O–H groups in total. The summed E-state index contributed by atoms with van der Waals surface area (Å²) in [6.07, 6.45) is 2.27. The molecule has 2 aliphatic rings. The van der Waals surface area contributed by atoms with Crippen molar-refractivity contribution in [3.05, 3.63) is 71.5 Å². The van der Waals surface area contributed by atoms with Crippen LogP contribution in [-0.4, -0.2) is 54.2 Å². The second kappa shape index (κ2) is 9.17. The van der Waals surface area contributed by atoms with E-state index < -0.39 is 0 Å². The second-order valence-electron chi connectivity index (χ2n) is 8.51. The number of likely N-dealkylation sites (tertiary alicyclic amines) is 2. The number of piperidine rings is 1. The molecule has 4 heteroatoms. The van der Waals surface area contributed by atoms with Gasteiger partial charge in [0, 0.05) is 32.8 Å². The minimum atomic E-state index is -0.155. The van der Waals surface area contributed by atoms with Crippen molar-refractivity contribution in [3.8, 4) is 0 Å². The highest BCUT2D eigenvalue weighted by Crippen LogP contribution is 2.31. The van der Waals surface area contributed by atoms with Gasteiger partial charge < -0.3 is 10.0 Å².